The molecule has 188 valence electrons. The Morgan fingerprint density at radius 3 is 2.68 bits per heavy atom. The van der Waals surface area contributed by atoms with Crippen LogP contribution < -0.4 is 14.9 Å². The summed E-state index contributed by atoms with van der Waals surface area (Å²) in [6, 6.07) is 20.9. The number of phenols is 1. The van der Waals surface area contributed by atoms with Crippen molar-refractivity contribution in [2.45, 2.75) is 13.5 Å². The minimum Gasteiger partial charge on any atom is -0.507 e. The van der Waals surface area contributed by atoms with Crippen molar-refractivity contribution >= 4 is 51.2 Å². The number of phenolic OH excluding ortho intramolecular Hbond substituents is 1. The second kappa shape index (κ2) is 11.7. The van der Waals surface area contributed by atoms with Gasteiger partial charge in [-0.3, -0.25) is 14.9 Å². The van der Waals surface area contributed by atoms with Gasteiger partial charge in [-0.15, -0.1) is 0 Å². The lowest BCUT2D eigenvalue weighted by Gasteiger charge is -2.15. The Bertz CT molecular complexity index is 1500. The summed E-state index contributed by atoms with van der Waals surface area (Å²) in [7, 11) is 0. The van der Waals surface area contributed by atoms with E-state index in [2.05, 4.69) is 51.3 Å². The van der Waals surface area contributed by atoms with Gasteiger partial charge in [0, 0.05) is 12.1 Å². The van der Waals surface area contributed by atoms with Gasteiger partial charge in [-0.2, -0.15) is 5.10 Å². The van der Waals surface area contributed by atoms with E-state index in [9.17, 15) is 20.0 Å². The highest BCUT2D eigenvalue weighted by Crippen LogP contribution is 2.35. The van der Waals surface area contributed by atoms with E-state index in [1.165, 1.54) is 6.21 Å². The molecular formula is C27H22IN3O6. The minimum absolute atomic E-state index is 0.256. The summed E-state index contributed by atoms with van der Waals surface area (Å²) in [6.45, 7) is 2.64. The number of ether oxygens (including phenoxy) is 2. The number of halogens is 1. The molecule has 2 N–H and O–H groups in total. The first kappa shape index (κ1) is 25.9. The van der Waals surface area contributed by atoms with Crippen LogP contribution in [0.4, 0.5) is 5.69 Å². The lowest BCUT2D eigenvalue weighted by molar-refractivity contribution is -0.384. The van der Waals surface area contributed by atoms with Crippen molar-refractivity contribution in [3.63, 3.8) is 0 Å². The zero-order valence-electron chi connectivity index (χ0n) is 19.7. The standard InChI is InChI=1S/C27H22IN3O6/c1-2-36-25-13-17(15-29-30-27(33)22-14-20(31(34)35)10-11-24(22)32)12-23(28)26(25)37-16-19-8-5-7-18-6-3-4-9-21(18)19/h3-15,32H,2,16H2,1H3,(H,30,33)/b29-15-. The fourth-order valence-electron chi connectivity index (χ4n) is 3.68. The summed E-state index contributed by atoms with van der Waals surface area (Å²) in [5.41, 5.74) is 3.39. The number of nitrogens with zero attached hydrogens (tertiary/aromatic N) is 2. The summed E-state index contributed by atoms with van der Waals surface area (Å²) in [5.74, 6) is -0.0526. The first-order valence-electron chi connectivity index (χ1n) is 11.2. The predicted octanol–water partition coefficient (Wildman–Crippen LogP) is 5.80. The lowest BCUT2D eigenvalue weighted by atomic mass is 10.1. The molecule has 0 bridgehead atoms. The van der Waals surface area contributed by atoms with Crippen molar-refractivity contribution < 1.29 is 24.3 Å². The summed E-state index contributed by atoms with van der Waals surface area (Å²) in [6.07, 6.45) is 1.41. The van der Waals surface area contributed by atoms with Crippen molar-refractivity contribution in [3.8, 4) is 17.2 Å². The van der Waals surface area contributed by atoms with E-state index in [0.717, 1.165) is 38.1 Å². The highest BCUT2D eigenvalue weighted by atomic mass is 127. The number of nitro groups is 1. The molecule has 0 spiro atoms. The molecule has 10 heteroatoms. The second-order valence-electron chi connectivity index (χ2n) is 7.85. The maximum Gasteiger partial charge on any atom is 0.275 e. The molecule has 0 aromatic heterocycles. The predicted molar refractivity (Wildman–Crippen MR) is 148 cm³/mol. The Morgan fingerprint density at radius 1 is 1.11 bits per heavy atom. The first-order chi connectivity index (χ1) is 17.9. The molecule has 0 aliphatic rings. The van der Waals surface area contributed by atoms with Crippen LogP contribution in [0, 0.1) is 13.7 Å². The van der Waals surface area contributed by atoms with Crippen LogP contribution in [0.1, 0.15) is 28.4 Å². The smallest absolute Gasteiger partial charge is 0.275 e. The van der Waals surface area contributed by atoms with Crippen molar-refractivity contribution in [2.75, 3.05) is 6.61 Å². The second-order valence-corrected chi connectivity index (χ2v) is 9.01. The molecule has 0 saturated heterocycles. The molecule has 0 fully saturated rings. The number of nitro benzene ring substituents is 1. The minimum atomic E-state index is -0.785. The topological polar surface area (TPSA) is 123 Å². The maximum atomic E-state index is 12.4. The summed E-state index contributed by atoms with van der Waals surface area (Å²) in [5, 5.41) is 27.0. The van der Waals surface area contributed by atoms with Gasteiger partial charge < -0.3 is 14.6 Å². The number of rotatable bonds is 9. The molecular weight excluding hydrogens is 589 g/mol. The summed E-state index contributed by atoms with van der Waals surface area (Å²) >= 11 is 2.15. The van der Waals surface area contributed by atoms with Gasteiger partial charge in [-0.25, -0.2) is 5.43 Å². The molecule has 0 heterocycles. The fraction of sp³-hybridized carbons (Fsp3) is 0.111. The Morgan fingerprint density at radius 2 is 1.89 bits per heavy atom. The third-order valence-electron chi connectivity index (χ3n) is 5.40. The zero-order chi connectivity index (χ0) is 26.4. The largest absolute Gasteiger partial charge is 0.507 e. The molecule has 0 saturated carbocycles. The number of carbonyl (C=O) groups is 1. The number of amides is 1. The van der Waals surface area contributed by atoms with E-state index in [1.807, 2.05) is 37.3 Å². The molecule has 4 rings (SSSR count). The monoisotopic (exact) mass is 611 g/mol. The Hall–Kier alpha value is -4.19. The lowest BCUT2D eigenvalue weighted by Crippen LogP contribution is -2.18. The number of carbonyl (C=O) groups excluding carboxylic acids is 1. The van der Waals surface area contributed by atoms with E-state index >= 15 is 0 Å². The molecule has 0 aliphatic heterocycles. The molecule has 0 unspecified atom stereocenters. The van der Waals surface area contributed by atoms with E-state index < -0.39 is 10.8 Å². The summed E-state index contributed by atoms with van der Waals surface area (Å²) < 4.78 is 12.8. The average molecular weight is 611 g/mol. The fourth-order valence-corrected chi connectivity index (χ4v) is 4.46. The molecule has 9 nitrogen and oxygen atoms in total. The van der Waals surface area contributed by atoms with Gasteiger partial charge in [-0.05, 0) is 69.6 Å². The van der Waals surface area contributed by atoms with E-state index in [0.29, 0.717) is 30.3 Å². The van der Waals surface area contributed by atoms with Crippen LogP contribution >= 0.6 is 22.6 Å². The highest BCUT2D eigenvalue weighted by Gasteiger charge is 2.16. The van der Waals surface area contributed by atoms with Crippen molar-refractivity contribution in [1.29, 1.82) is 0 Å². The van der Waals surface area contributed by atoms with E-state index in [1.54, 1.807) is 6.07 Å². The third-order valence-corrected chi connectivity index (χ3v) is 6.20. The van der Waals surface area contributed by atoms with Gasteiger partial charge in [0.05, 0.1) is 26.9 Å². The Balaban J connectivity index is 1.51. The number of nitrogens with one attached hydrogen (secondary N) is 1. The molecule has 4 aromatic rings. The van der Waals surface area contributed by atoms with Gasteiger partial charge in [0.1, 0.15) is 12.4 Å². The van der Waals surface area contributed by atoms with Crippen LogP contribution in [0.3, 0.4) is 0 Å². The molecule has 0 aliphatic carbocycles. The van der Waals surface area contributed by atoms with Crippen LogP contribution in [0.2, 0.25) is 0 Å². The Labute approximate surface area is 226 Å². The number of non-ortho nitro benzene ring substituents is 1. The third kappa shape index (κ3) is 6.15. The van der Waals surface area contributed by atoms with Crippen LogP contribution in [0.15, 0.2) is 77.9 Å². The molecule has 1 amide bonds. The number of benzene rings is 4. The van der Waals surface area contributed by atoms with Crippen LogP contribution in [0.5, 0.6) is 17.2 Å². The number of hydrazone groups is 1. The van der Waals surface area contributed by atoms with Crippen LogP contribution in [0.25, 0.3) is 10.8 Å². The van der Waals surface area contributed by atoms with Gasteiger partial charge in [0.2, 0.25) is 0 Å². The maximum absolute atomic E-state index is 12.4. The van der Waals surface area contributed by atoms with Gasteiger partial charge in [-0.1, -0.05) is 42.5 Å². The van der Waals surface area contributed by atoms with Crippen molar-refractivity contribution in [3.05, 3.63) is 103 Å². The number of fused-ring (bicyclic) bond motifs is 1. The average Bonchev–Trinajstić information content (AvgIpc) is 2.88. The molecule has 4 aromatic carbocycles. The number of hydrogen-bond donors (Lipinski definition) is 2. The van der Waals surface area contributed by atoms with Crippen LogP contribution in [-0.4, -0.2) is 28.8 Å². The van der Waals surface area contributed by atoms with Gasteiger partial charge >= 0.3 is 0 Å². The first-order valence-corrected chi connectivity index (χ1v) is 12.3. The normalized spacial score (nSPS) is 11.0. The number of aromatic hydroxyl groups is 1. The highest BCUT2D eigenvalue weighted by molar-refractivity contribution is 14.1. The quantitative estimate of drug-likeness (QED) is 0.107. The SMILES string of the molecule is CCOc1cc(/C=N\NC(=O)c2cc([N+](=O)[O-])ccc2O)cc(I)c1OCc1cccc2ccccc12. The van der Waals surface area contributed by atoms with E-state index in [4.69, 9.17) is 9.47 Å². The molecule has 0 atom stereocenters. The Kier molecular flexibility index (Phi) is 8.18. The van der Waals surface area contributed by atoms with E-state index in [-0.39, 0.29) is 17.0 Å². The van der Waals surface area contributed by atoms with Crippen LogP contribution in [-0.2, 0) is 6.61 Å². The van der Waals surface area contributed by atoms with Gasteiger partial charge in [0.25, 0.3) is 11.6 Å². The molecule has 37 heavy (non-hydrogen) atoms. The van der Waals surface area contributed by atoms with Gasteiger partial charge in [0.15, 0.2) is 11.5 Å². The summed E-state index contributed by atoms with van der Waals surface area (Å²) in [4.78, 5) is 22.7. The van der Waals surface area contributed by atoms with Crippen molar-refractivity contribution in [1.82, 2.24) is 5.43 Å². The zero-order valence-corrected chi connectivity index (χ0v) is 21.8. The molecule has 0 radical (unpaired) electrons. The van der Waals surface area contributed by atoms with Crippen molar-refractivity contribution in [2.24, 2.45) is 5.10 Å². The number of hydrogen-bond acceptors (Lipinski definition) is 7.